The molecular weight excluding hydrogens is 439 g/mol. The highest BCUT2D eigenvalue weighted by Crippen LogP contribution is 2.51. The van der Waals surface area contributed by atoms with Crippen LogP contribution in [-0.4, -0.2) is 29.3 Å². The number of hydrogen-bond acceptors (Lipinski definition) is 2. The van der Waals surface area contributed by atoms with Crippen LogP contribution in [0.3, 0.4) is 0 Å². The van der Waals surface area contributed by atoms with E-state index in [1.54, 1.807) is 17.0 Å². The van der Waals surface area contributed by atoms with Crippen LogP contribution in [0.1, 0.15) is 82.2 Å². The number of nitrogens with one attached hydrogen (secondary N) is 1. The minimum Gasteiger partial charge on any atom is -0.351 e. The number of rotatable bonds is 4. The lowest BCUT2D eigenvalue weighted by Crippen LogP contribution is -2.48. The number of carbonyl (C=O) groups excluding carboxylic acids is 2. The predicted molar refractivity (Wildman–Crippen MR) is 127 cm³/mol. The molecule has 176 valence electrons. The molecule has 2 saturated carbocycles. The predicted octanol–water partition coefficient (Wildman–Crippen LogP) is 6.02. The van der Waals surface area contributed by atoms with Gasteiger partial charge in [0.1, 0.15) is 11.9 Å². The van der Waals surface area contributed by atoms with E-state index in [0.29, 0.717) is 12.1 Å². The van der Waals surface area contributed by atoms with E-state index in [4.69, 9.17) is 11.6 Å². The number of nitrogens with zero attached hydrogens (tertiary/aromatic N) is 1. The van der Waals surface area contributed by atoms with Crippen LogP contribution in [0, 0.1) is 11.2 Å². The molecule has 6 heteroatoms. The minimum absolute atomic E-state index is 0.107. The minimum atomic E-state index is -0.880. The summed E-state index contributed by atoms with van der Waals surface area (Å²) >= 11 is 6.42. The van der Waals surface area contributed by atoms with Crippen molar-refractivity contribution >= 4 is 23.4 Å². The lowest BCUT2D eigenvalue weighted by molar-refractivity contribution is -0.137. The number of benzene rings is 1. The molecule has 1 heterocycles. The maximum Gasteiger partial charge on any atom is 0.248 e. The van der Waals surface area contributed by atoms with Gasteiger partial charge in [-0.2, -0.15) is 0 Å². The zero-order chi connectivity index (χ0) is 23.0. The van der Waals surface area contributed by atoms with Crippen molar-refractivity contribution in [2.24, 2.45) is 5.41 Å². The van der Waals surface area contributed by atoms with Crippen molar-refractivity contribution in [2.75, 3.05) is 6.54 Å². The van der Waals surface area contributed by atoms with Crippen molar-refractivity contribution < 1.29 is 14.0 Å². The Morgan fingerprint density at radius 3 is 2.55 bits per heavy atom. The fourth-order valence-corrected chi connectivity index (χ4v) is 6.56. The molecule has 1 unspecified atom stereocenters. The molecule has 1 atom stereocenters. The van der Waals surface area contributed by atoms with Gasteiger partial charge in [0.2, 0.25) is 11.8 Å². The van der Waals surface area contributed by atoms with Gasteiger partial charge >= 0.3 is 0 Å². The quantitative estimate of drug-likeness (QED) is 0.585. The maximum atomic E-state index is 13.8. The van der Waals surface area contributed by atoms with Gasteiger partial charge in [-0.15, -0.1) is 0 Å². The van der Waals surface area contributed by atoms with Crippen molar-refractivity contribution in [1.29, 1.82) is 0 Å². The van der Waals surface area contributed by atoms with E-state index in [1.165, 1.54) is 37.8 Å². The Morgan fingerprint density at radius 1 is 1.09 bits per heavy atom. The zero-order valence-electron chi connectivity index (χ0n) is 19.0. The number of allylic oxidation sites excluding steroid dienone is 1. The number of fused-ring (bicyclic) bond motifs is 1. The Morgan fingerprint density at radius 2 is 1.82 bits per heavy atom. The summed E-state index contributed by atoms with van der Waals surface area (Å²) in [4.78, 5) is 28.5. The fourth-order valence-electron chi connectivity index (χ4n) is 6.29. The molecule has 0 radical (unpaired) electrons. The van der Waals surface area contributed by atoms with E-state index in [0.717, 1.165) is 56.1 Å². The number of carbonyl (C=O) groups is 2. The molecule has 0 saturated heterocycles. The summed E-state index contributed by atoms with van der Waals surface area (Å²) in [6.07, 6.45) is 16.4. The van der Waals surface area contributed by atoms with Gasteiger partial charge in [0.25, 0.3) is 0 Å². The van der Waals surface area contributed by atoms with Gasteiger partial charge in [0, 0.05) is 29.2 Å². The zero-order valence-corrected chi connectivity index (χ0v) is 19.8. The molecule has 1 aromatic carbocycles. The van der Waals surface area contributed by atoms with Crippen LogP contribution < -0.4 is 5.32 Å². The van der Waals surface area contributed by atoms with E-state index in [9.17, 15) is 14.0 Å². The fraction of sp³-hybridized carbons (Fsp3) is 0.556. The van der Waals surface area contributed by atoms with E-state index < -0.39 is 11.9 Å². The molecule has 1 aliphatic heterocycles. The van der Waals surface area contributed by atoms with E-state index in [2.05, 4.69) is 11.4 Å². The second kappa shape index (κ2) is 9.25. The van der Waals surface area contributed by atoms with E-state index in [1.807, 2.05) is 0 Å². The highest BCUT2D eigenvalue weighted by atomic mass is 35.5. The monoisotopic (exact) mass is 470 g/mol. The summed E-state index contributed by atoms with van der Waals surface area (Å²) in [6, 6.07) is 3.30. The average molecular weight is 471 g/mol. The first-order valence-corrected chi connectivity index (χ1v) is 12.8. The van der Waals surface area contributed by atoms with Gasteiger partial charge in [0.05, 0.1) is 0 Å². The maximum absolute atomic E-state index is 13.8. The third-order valence-corrected chi connectivity index (χ3v) is 8.30. The second-order valence-electron chi connectivity index (χ2n) is 10.3. The van der Waals surface area contributed by atoms with E-state index >= 15 is 0 Å². The molecule has 4 aliphatic rings. The molecule has 1 aromatic rings. The van der Waals surface area contributed by atoms with Crippen molar-refractivity contribution in [2.45, 2.75) is 82.7 Å². The molecule has 0 bridgehead atoms. The molecule has 2 amide bonds. The normalized spacial score (nSPS) is 23.7. The summed E-state index contributed by atoms with van der Waals surface area (Å²) in [5, 5.41) is 3.34. The standard InChI is InChI=1S/C27H32ClFN2O2/c28-23-14-20(29)9-10-22(23)25(26(33)30-21-7-3-1-4-8-21)31-17-19-16-27(11-5-2-6-12-27)15-18(19)13-24(31)32/h9-10,13-14,16,21,25H,1-8,11-12,15,17H2,(H,30,33). The van der Waals surface area contributed by atoms with Crippen LogP contribution in [0.15, 0.2) is 41.5 Å². The molecule has 5 rings (SSSR count). The van der Waals surface area contributed by atoms with Crippen molar-refractivity contribution in [3.63, 3.8) is 0 Å². The summed E-state index contributed by atoms with van der Waals surface area (Å²) in [6.45, 7) is 0.392. The van der Waals surface area contributed by atoms with Crippen molar-refractivity contribution in [1.82, 2.24) is 10.2 Å². The number of amides is 2. The lowest BCUT2D eigenvalue weighted by Gasteiger charge is -2.35. The molecule has 1 N–H and O–H groups in total. The molecule has 3 aliphatic carbocycles. The molecule has 1 spiro atoms. The third kappa shape index (κ3) is 4.62. The van der Waals surface area contributed by atoms with Crippen LogP contribution in [0.25, 0.3) is 0 Å². The van der Waals surface area contributed by atoms with E-state index in [-0.39, 0.29) is 28.3 Å². The Balaban J connectivity index is 1.46. The SMILES string of the molecule is O=C(NC1CCCCC1)C(c1ccc(F)cc1Cl)N1CC2=CC3(CCCCC3)CC2=CC1=O. The largest absolute Gasteiger partial charge is 0.351 e. The number of hydrogen-bond donors (Lipinski definition) is 1. The highest BCUT2D eigenvalue weighted by molar-refractivity contribution is 6.31. The molecule has 0 aromatic heterocycles. The Labute approximate surface area is 200 Å². The van der Waals surface area contributed by atoms with Gasteiger partial charge in [-0.05, 0) is 60.8 Å². The summed E-state index contributed by atoms with van der Waals surface area (Å²) in [5.74, 6) is -0.856. The molecule has 4 nitrogen and oxygen atoms in total. The summed E-state index contributed by atoms with van der Waals surface area (Å²) in [7, 11) is 0. The highest BCUT2D eigenvalue weighted by Gasteiger charge is 2.42. The van der Waals surface area contributed by atoms with Crippen LogP contribution in [0.4, 0.5) is 4.39 Å². The van der Waals surface area contributed by atoms with Gasteiger partial charge in [-0.25, -0.2) is 4.39 Å². The van der Waals surface area contributed by atoms with Crippen molar-refractivity contribution in [3.05, 3.63) is 57.9 Å². The van der Waals surface area contributed by atoms with Crippen LogP contribution >= 0.6 is 11.6 Å². The van der Waals surface area contributed by atoms with Gasteiger partial charge in [-0.1, -0.05) is 62.3 Å². The average Bonchev–Trinajstić information content (AvgIpc) is 3.12. The topological polar surface area (TPSA) is 49.4 Å². The first-order valence-electron chi connectivity index (χ1n) is 12.4. The Kier molecular flexibility index (Phi) is 6.34. The Bertz CT molecular complexity index is 1010. The van der Waals surface area contributed by atoms with Crippen LogP contribution in [0.5, 0.6) is 0 Å². The van der Waals surface area contributed by atoms with Gasteiger partial charge in [0.15, 0.2) is 0 Å². The van der Waals surface area contributed by atoms with Gasteiger partial charge < -0.3 is 10.2 Å². The Hall–Kier alpha value is -2.14. The second-order valence-corrected chi connectivity index (χ2v) is 10.7. The molecule has 2 fully saturated rings. The summed E-state index contributed by atoms with van der Waals surface area (Å²) < 4.78 is 13.8. The first-order chi connectivity index (χ1) is 15.9. The van der Waals surface area contributed by atoms with Crippen LogP contribution in [-0.2, 0) is 9.59 Å². The third-order valence-electron chi connectivity index (χ3n) is 7.97. The van der Waals surface area contributed by atoms with Crippen LogP contribution in [0.2, 0.25) is 5.02 Å². The number of halogens is 2. The first kappa shape index (κ1) is 22.6. The molecular formula is C27H32ClFN2O2. The lowest BCUT2D eigenvalue weighted by atomic mass is 9.73. The molecule has 33 heavy (non-hydrogen) atoms. The smallest absolute Gasteiger partial charge is 0.248 e. The van der Waals surface area contributed by atoms with Gasteiger partial charge in [-0.3, -0.25) is 9.59 Å². The van der Waals surface area contributed by atoms with Crippen molar-refractivity contribution in [3.8, 4) is 0 Å². The summed E-state index contributed by atoms with van der Waals surface area (Å²) in [5.41, 5.74) is 2.92.